The van der Waals surface area contributed by atoms with E-state index in [0.29, 0.717) is 23.9 Å². The molecule has 0 radical (unpaired) electrons. The van der Waals surface area contributed by atoms with Crippen molar-refractivity contribution in [1.82, 2.24) is 10.3 Å². The number of likely N-dealkylation sites (N-methyl/N-ethyl adjacent to an activating group) is 1. The van der Waals surface area contributed by atoms with E-state index in [1.54, 1.807) is 25.6 Å². The Labute approximate surface area is 94.6 Å². The molecule has 1 rings (SSSR count). The molecule has 0 bridgehead atoms. The number of aromatic nitrogens is 1. The minimum absolute atomic E-state index is 0.0414. The molecule has 0 saturated carbocycles. The van der Waals surface area contributed by atoms with Gasteiger partial charge < -0.3 is 14.8 Å². The van der Waals surface area contributed by atoms with Gasteiger partial charge in [-0.25, -0.2) is 0 Å². The second kappa shape index (κ2) is 6.61. The first kappa shape index (κ1) is 12.2. The molecule has 0 aromatic carbocycles. The highest BCUT2D eigenvalue weighted by molar-refractivity contribution is 6.30. The zero-order valence-corrected chi connectivity index (χ0v) is 9.62. The Morgan fingerprint density at radius 3 is 2.93 bits per heavy atom. The van der Waals surface area contributed by atoms with Crippen molar-refractivity contribution in [3.63, 3.8) is 0 Å². The van der Waals surface area contributed by atoms with Crippen LogP contribution < -0.4 is 10.1 Å². The molecular weight excluding hydrogens is 216 g/mol. The lowest BCUT2D eigenvalue weighted by Crippen LogP contribution is -2.33. The third-order valence-electron chi connectivity index (χ3n) is 1.77. The maximum atomic E-state index is 5.79. The highest BCUT2D eigenvalue weighted by Gasteiger charge is 2.09. The minimum atomic E-state index is -0.0414. The average molecular weight is 231 g/mol. The number of rotatable bonds is 6. The third kappa shape index (κ3) is 4.46. The summed E-state index contributed by atoms with van der Waals surface area (Å²) >= 11 is 5.79. The Kier molecular flexibility index (Phi) is 5.39. The van der Waals surface area contributed by atoms with Crippen LogP contribution in [-0.4, -0.2) is 38.4 Å². The molecule has 5 heteroatoms. The van der Waals surface area contributed by atoms with Crippen LogP contribution >= 0.6 is 11.6 Å². The van der Waals surface area contributed by atoms with E-state index in [1.165, 1.54) is 0 Å². The number of nitrogens with zero attached hydrogens (tertiary/aromatic N) is 1. The first-order valence-electron chi connectivity index (χ1n) is 4.67. The molecule has 1 heterocycles. The van der Waals surface area contributed by atoms with Gasteiger partial charge in [-0.15, -0.1) is 0 Å². The number of hydrogen-bond acceptors (Lipinski definition) is 4. The summed E-state index contributed by atoms with van der Waals surface area (Å²) < 4.78 is 10.7. The van der Waals surface area contributed by atoms with Gasteiger partial charge in [0.25, 0.3) is 0 Å². The van der Waals surface area contributed by atoms with Gasteiger partial charge in [0.1, 0.15) is 11.9 Å². The second-order valence-electron chi connectivity index (χ2n) is 3.09. The van der Waals surface area contributed by atoms with Crippen LogP contribution in [0.4, 0.5) is 0 Å². The quantitative estimate of drug-likeness (QED) is 0.801. The highest BCUT2D eigenvalue weighted by atomic mass is 35.5. The normalized spacial score (nSPS) is 12.5. The number of halogens is 1. The van der Waals surface area contributed by atoms with Gasteiger partial charge in [0, 0.05) is 25.9 Å². The Hall–Kier alpha value is -0.840. The van der Waals surface area contributed by atoms with Crippen molar-refractivity contribution in [2.45, 2.75) is 6.10 Å². The Morgan fingerprint density at radius 2 is 2.33 bits per heavy atom. The predicted octanol–water partition coefficient (Wildman–Crippen LogP) is 1.35. The molecule has 1 aromatic heterocycles. The van der Waals surface area contributed by atoms with E-state index in [0.717, 1.165) is 0 Å². The van der Waals surface area contributed by atoms with E-state index in [4.69, 9.17) is 21.1 Å². The van der Waals surface area contributed by atoms with Crippen LogP contribution in [0.25, 0.3) is 0 Å². The average Bonchev–Trinajstić information content (AvgIpc) is 2.18. The van der Waals surface area contributed by atoms with Gasteiger partial charge in [-0.05, 0) is 7.05 Å². The van der Waals surface area contributed by atoms with Gasteiger partial charge in [-0.1, -0.05) is 11.6 Å². The maximum absolute atomic E-state index is 5.79. The number of ether oxygens (including phenoxy) is 2. The summed E-state index contributed by atoms with van der Waals surface area (Å²) in [7, 11) is 3.50. The molecule has 1 aromatic rings. The molecule has 1 unspecified atom stereocenters. The molecule has 0 spiro atoms. The molecule has 0 amide bonds. The maximum Gasteiger partial charge on any atom is 0.139 e. The molecule has 4 nitrogen and oxygen atoms in total. The molecule has 1 atom stereocenters. The van der Waals surface area contributed by atoms with Crippen molar-refractivity contribution in [3.8, 4) is 5.75 Å². The fraction of sp³-hybridized carbons (Fsp3) is 0.500. The Balaban J connectivity index is 2.56. The number of pyridine rings is 1. The van der Waals surface area contributed by atoms with Crippen LogP contribution in [0.15, 0.2) is 18.5 Å². The molecule has 0 fully saturated rings. The van der Waals surface area contributed by atoms with Crippen LogP contribution in [0.1, 0.15) is 0 Å². The zero-order valence-electron chi connectivity index (χ0n) is 8.87. The molecule has 1 N–H and O–H groups in total. The zero-order chi connectivity index (χ0) is 11.1. The van der Waals surface area contributed by atoms with E-state index < -0.39 is 0 Å². The van der Waals surface area contributed by atoms with Gasteiger partial charge >= 0.3 is 0 Å². The Bertz CT molecular complexity index is 291. The van der Waals surface area contributed by atoms with Gasteiger partial charge in [0.2, 0.25) is 0 Å². The van der Waals surface area contributed by atoms with Crippen molar-refractivity contribution >= 4 is 11.6 Å². The molecule has 0 aliphatic rings. The molecule has 0 aliphatic carbocycles. The summed E-state index contributed by atoms with van der Waals surface area (Å²) in [5.41, 5.74) is 0. The number of nitrogens with one attached hydrogen (secondary N) is 1. The van der Waals surface area contributed by atoms with Gasteiger partial charge in [0.05, 0.1) is 17.8 Å². The summed E-state index contributed by atoms with van der Waals surface area (Å²) in [6.07, 6.45) is 3.16. The van der Waals surface area contributed by atoms with Crippen molar-refractivity contribution < 1.29 is 9.47 Å². The SMILES string of the molecule is CNCC(COC)Oc1cncc(Cl)c1. The second-order valence-corrected chi connectivity index (χ2v) is 3.53. The van der Waals surface area contributed by atoms with Crippen molar-refractivity contribution in [2.24, 2.45) is 0 Å². The first-order valence-corrected chi connectivity index (χ1v) is 5.04. The van der Waals surface area contributed by atoms with Gasteiger partial charge in [0.15, 0.2) is 0 Å². The van der Waals surface area contributed by atoms with E-state index >= 15 is 0 Å². The van der Waals surface area contributed by atoms with E-state index in [1.807, 2.05) is 7.05 Å². The molecule has 84 valence electrons. The third-order valence-corrected chi connectivity index (χ3v) is 1.97. The van der Waals surface area contributed by atoms with Crippen LogP contribution in [0, 0.1) is 0 Å². The largest absolute Gasteiger partial charge is 0.485 e. The molecule has 15 heavy (non-hydrogen) atoms. The molecule has 0 aliphatic heterocycles. The van der Waals surface area contributed by atoms with E-state index in [-0.39, 0.29) is 6.10 Å². The summed E-state index contributed by atoms with van der Waals surface area (Å²) in [5, 5.41) is 3.59. The van der Waals surface area contributed by atoms with E-state index in [2.05, 4.69) is 10.3 Å². The van der Waals surface area contributed by atoms with Crippen LogP contribution in [0.3, 0.4) is 0 Å². The fourth-order valence-electron chi connectivity index (χ4n) is 1.20. The lowest BCUT2D eigenvalue weighted by Gasteiger charge is -2.17. The number of hydrogen-bond donors (Lipinski definition) is 1. The topological polar surface area (TPSA) is 43.4 Å². The molecule has 0 saturated heterocycles. The fourth-order valence-corrected chi connectivity index (χ4v) is 1.36. The summed E-state index contributed by atoms with van der Waals surface area (Å²) in [6, 6.07) is 1.73. The smallest absolute Gasteiger partial charge is 0.139 e. The predicted molar refractivity (Wildman–Crippen MR) is 59.5 cm³/mol. The van der Waals surface area contributed by atoms with Crippen molar-refractivity contribution in [1.29, 1.82) is 0 Å². The summed E-state index contributed by atoms with van der Waals surface area (Å²) in [6.45, 7) is 1.23. The van der Waals surface area contributed by atoms with Crippen LogP contribution in [0.2, 0.25) is 5.02 Å². The number of methoxy groups -OCH3 is 1. The van der Waals surface area contributed by atoms with Crippen molar-refractivity contribution in [2.75, 3.05) is 27.3 Å². The lowest BCUT2D eigenvalue weighted by atomic mass is 10.3. The van der Waals surface area contributed by atoms with Gasteiger partial charge in [-0.2, -0.15) is 0 Å². The minimum Gasteiger partial charge on any atom is -0.485 e. The highest BCUT2D eigenvalue weighted by Crippen LogP contribution is 2.16. The summed E-state index contributed by atoms with van der Waals surface area (Å²) in [4.78, 5) is 3.94. The lowest BCUT2D eigenvalue weighted by molar-refractivity contribution is 0.0816. The van der Waals surface area contributed by atoms with Crippen LogP contribution in [0.5, 0.6) is 5.75 Å². The summed E-state index contributed by atoms with van der Waals surface area (Å²) in [5.74, 6) is 0.653. The Morgan fingerprint density at radius 1 is 1.53 bits per heavy atom. The molecular formula is C10H15ClN2O2. The van der Waals surface area contributed by atoms with Crippen molar-refractivity contribution in [3.05, 3.63) is 23.5 Å². The monoisotopic (exact) mass is 230 g/mol. The van der Waals surface area contributed by atoms with E-state index in [9.17, 15) is 0 Å². The standard InChI is InChI=1S/C10H15ClN2O2/c1-12-5-10(7-14-2)15-9-3-8(11)4-13-6-9/h3-4,6,10,12H,5,7H2,1-2H3. The first-order chi connectivity index (χ1) is 7.26. The van der Waals surface area contributed by atoms with Gasteiger partial charge in [-0.3, -0.25) is 4.98 Å². The van der Waals surface area contributed by atoms with Crippen LogP contribution in [-0.2, 0) is 4.74 Å².